The third-order valence-corrected chi connectivity index (χ3v) is 3.60. The molecule has 0 aliphatic heterocycles. The molecule has 90 valence electrons. The average Bonchev–Trinajstić information content (AvgIpc) is 2.76. The topological polar surface area (TPSA) is 48.1 Å². The number of ether oxygens (including phenoxy) is 1. The second-order valence-electron chi connectivity index (χ2n) is 3.81. The standard InChI is InChI=1S/C13H16N2OS/c1-10-13(17-9-15-10)6-7-16-12-4-2-11(8-14)3-5-12/h2-5,9H,6-8,14H2,1H3. The smallest absolute Gasteiger partial charge is 0.119 e. The van der Waals surface area contributed by atoms with Crippen molar-refractivity contribution >= 4 is 11.3 Å². The number of aromatic nitrogens is 1. The summed E-state index contributed by atoms with van der Waals surface area (Å²) in [7, 11) is 0. The molecule has 0 atom stereocenters. The molecule has 1 aromatic heterocycles. The monoisotopic (exact) mass is 248 g/mol. The minimum atomic E-state index is 0.570. The number of thiazole rings is 1. The summed E-state index contributed by atoms with van der Waals surface area (Å²) in [6.07, 6.45) is 0.912. The van der Waals surface area contributed by atoms with Gasteiger partial charge in [-0.2, -0.15) is 0 Å². The maximum atomic E-state index is 5.67. The van der Waals surface area contributed by atoms with Gasteiger partial charge in [-0.1, -0.05) is 12.1 Å². The van der Waals surface area contributed by atoms with Crippen LogP contribution in [0.25, 0.3) is 0 Å². The maximum Gasteiger partial charge on any atom is 0.119 e. The van der Waals surface area contributed by atoms with Crippen molar-refractivity contribution in [3.8, 4) is 5.75 Å². The number of hydrogen-bond donors (Lipinski definition) is 1. The van der Waals surface area contributed by atoms with E-state index in [1.165, 1.54) is 4.88 Å². The van der Waals surface area contributed by atoms with E-state index in [9.17, 15) is 0 Å². The number of aryl methyl sites for hydroxylation is 1. The summed E-state index contributed by atoms with van der Waals surface area (Å²) in [5.41, 5.74) is 9.64. The predicted octanol–water partition coefficient (Wildman–Crippen LogP) is 2.53. The first-order valence-corrected chi connectivity index (χ1v) is 6.48. The van der Waals surface area contributed by atoms with Crippen LogP contribution in [0.2, 0.25) is 0 Å². The molecule has 2 rings (SSSR count). The second kappa shape index (κ2) is 5.80. The summed E-state index contributed by atoms with van der Waals surface area (Å²) in [6.45, 7) is 3.28. The van der Waals surface area contributed by atoms with Crippen LogP contribution in [0.4, 0.5) is 0 Å². The molecule has 2 N–H and O–H groups in total. The lowest BCUT2D eigenvalue weighted by Gasteiger charge is -2.06. The van der Waals surface area contributed by atoms with Gasteiger partial charge in [-0.25, -0.2) is 4.98 Å². The van der Waals surface area contributed by atoms with Gasteiger partial charge in [0, 0.05) is 17.8 Å². The first-order chi connectivity index (χ1) is 8.29. The summed E-state index contributed by atoms with van der Waals surface area (Å²) < 4.78 is 5.67. The molecule has 0 radical (unpaired) electrons. The van der Waals surface area contributed by atoms with Gasteiger partial charge in [-0.15, -0.1) is 11.3 Å². The first kappa shape index (κ1) is 12.1. The van der Waals surface area contributed by atoms with Crippen LogP contribution in [0, 0.1) is 6.92 Å². The van der Waals surface area contributed by atoms with Gasteiger partial charge in [0.05, 0.1) is 17.8 Å². The summed E-state index contributed by atoms with van der Waals surface area (Å²) in [4.78, 5) is 5.51. The van der Waals surface area contributed by atoms with E-state index in [2.05, 4.69) is 4.98 Å². The molecule has 0 aliphatic rings. The van der Waals surface area contributed by atoms with Crippen molar-refractivity contribution in [3.63, 3.8) is 0 Å². The fourth-order valence-electron chi connectivity index (χ4n) is 1.55. The highest BCUT2D eigenvalue weighted by molar-refractivity contribution is 7.09. The Morgan fingerprint density at radius 3 is 2.65 bits per heavy atom. The minimum Gasteiger partial charge on any atom is -0.493 e. The molecule has 1 heterocycles. The van der Waals surface area contributed by atoms with Gasteiger partial charge in [-0.05, 0) is 24.6 Å². The molecular formula is C13H16N2OS. The quantitative estimate of drug-likeness (QED) is 0.884. The molecule has 0 amide bonds. The Morgan fingerprint density at radius 2 is 2.06 bits per heavy atom. The zero-order valence-corrected chi connectivity index (χ0v) is 10.7. The fraction of sp³-hybridized carbons (Fsp3) is 0.308. The van der Waals surface area contributed by atoms with Crippen LogP contribution in [-0.4, -0.2) is 11.6 Å². The molecule has 1 aromatic carbocycles. The predicted molar refractivity (Wildman–Crippen MR) is 70.4 cm³/mol. The van der Waals surface area contributed by atoms with Crippen LogP contribution in [0.3, 0.4) is 0 Å². The molecular weight excluding hydrogens is 232 g/mol. The molecule has 0 saturated carbocycles. The molecule has 0 bridgehead atoms. The van der Waals surface area contributed by atoms with Gasteiger partial charge < -0.3 is 10.5 Å². The Morgan fingerprint density at radius 1 is 1.29 bits per heavy atom. The molecule has 0 aliphatic carbocycles. The molecule has 0 fully saturated rings. The Bertz CT molecular complexity index is 465. The number of benzene rings is 1. The molecule has 3 nitrogen and oxygen atoms in total. The van der Waals surface area contributed by atoms with Crippen LogP contribution in [0.1, 0.15) is 16.1 Å². The van der Waals surface area contributed by atoms with E-state index >= 15 is 0 Å². The zero-order chi connectivity index (χ0) is 12.1. The number of hydrogen-bond acceptors (Lipinski definition) is 4. The van der Waals surface area contributed by atoms with Crippen LogP contribution in [0.15, 0.2) is 29.8 Å². The van der Waals surface area contributed by atoms with Gasteiger partial charge in [0.25, 0.3) is 0 Å². The summed E-state index contributed by atoms with van der Waals surface area (Å²) >= 11 is 1.68. The fourth-order valence-corrected chi connectivity index (χ4v) is 2.31. The van der Waals surface area contributed by atoms with Crippen molar-refractivity contribution in [1.29, 1.82) is 0 Å². The van der Waals surface area contributed by atoms with Crippen molar-refractivity contribution in [3.05, 3.63) is 45.9 Å². The van der Waals surface area contributed by atoms with Crippen LogP contribution in [-0.2, 0) is 13.0 Å². The normalized spacial score (nSPS) is 10.5. The average molecular weight is 248 g/mol. The molecule has 0 unspecified atom stereocenters. The zero-order valence-electron chi connectivity index (χ0n) is 9.85. The molecule has 0 saturated heterocycles. The third-order valence-electron chi connectivity index (χ3n) is 2.60. The minimum absolute atomic E-state index is 0.570. The Balaban J connectivity index is 1.83. The second-order valence-corrected chi connectivity index (χ2v) is 4.75. The number of nitrogens with zero attached hydrogens (tertiary/aromatic N) is 1. The highest BCUT2D eigenvalue weighted by Gasteiger charge is 2.01. The van der Waals surface area contributed by atoms with Gasteiger partial charge in [0.15, 0.2) is 0 Å². The summed E-state index contributed by atoms with van der Waals surface area (Å²) in [5.74, 6) is 0.893. The highest BCUT2D eigenvalue weighted by atomic mass is 32.1. The van der Waals surface area contributed by atoms with E-state index in [4.69, 9.17) is 10.5 Å². The summed E-state index contributed by atoms with van der Waals surface area (Å²) in [5, 5.41) is 0. The Hall–Kier alpha value is -1.39. The van der Waals surface area contributed by atoms with Crippen molar-refractivity contribution in [2.24, 2.45) is 5.73 Å². The van der Waals surface area contributed by atoms with Crippen molar-refractivity contribution in [2.75, 3.05) is 6.61 Å². The number of nitrogens with two attached hydrogens (primary N) is 1. The molecule has 0 spiro atoms. The van der Waals surface area contributed by atoms with E-state index in [1.54, 1.807) is 11.3 Å². The van der Waals surface area contributed by atoms with E-state index in [1.807, 2.05) is 36.7 Å². The van der Waals surface area contributed by atoms with Gasteiger partial charge in [0.1, 0.15) is 5.75 Å². The van der Waals surface area contributed by atoms with Crippen LogP contribution in [0.5, 0.6) is 5.75 Å². The lowest BCUT2D eigenvalue weighted by molar-refractivity contribution is 0.322. The third kappa shape index (κ3) is 3.28. The Labute approximate surface area is 105 Å². The highest BCUT2D eigenvalue weighted by Crippen LogP contribution is 2.15. The Kier molecular flexibility index (Phi) is 4.12. The lowest BCUT2D eigenvalue weighted by Crippen LogP contribution is -2.01. The molecule has 2 aromatic rings. The molecule has 17 heavy (non-hydrogen) atoms. The van der Waals surface area contributed by atoms with Crippen molar-refractivity contribution in [2.45, 2.75) is 19.9 Å². The SMILES string of the molecule is Cc1ncsc1CCOc1ccc(CN)cc1. The first-order valence-electron chi connectivity index (χ1n) is 5.60. The number of rotatable bonds is 5. The molecule has 4 heteroatoms. The van der Waals surface area contributed by atoms with Gasteiger partial charge in [-0.3, -0.25) is 0 Å². The largest absolute Gasteiger partial charge is 0.493 e. The van der Waals surface area contributed by atoms with E-state index in [0.717, 1.165) is 23.4 Å². The van der Waals surface area contributed by atoms with Crippen molar-refractivity contribution < 1.29 is 4.74 Å². The van der Waals surface area contributed by atoms with Crippen LogP contribution < -0.4 is 10.5 Å². The van der Waals surface area contributed by atoms with E-state index in [-0.39, 0.29) is 0 Å². The van der Waals surface area contributed by atoms with Crippen LogP contribution >= 0.6 is 11.3 Å². The van der Waals surface area contributed by atoms with Gasteiger partial charge >= 0.3 is 0 Å². The maximum absolute atomic E-state index is 5.67. The lowest BCUT2D eigenvalue weighted by atomic mass is 10.2. The van der Waals surface area contributed by atoms with E-state index in [0.29, 0.717) is 13.2 Å². The van der Waals surface area contributed by atoms with Gasteiger partial charge in [0.2, 0.25) is 0 Å². The summed E-state index contributed by atoms with van der Waals surface area (Å²) in [6, 6.07) is 7.91. The van der Waals surface area contributed by atoms with Crippen molar-refractivity contribution in [1.82, 2.24) is 4.98 Å². The van der Waals surface area contributed by atoms with E-state index < -0.39 is 0 Å².